The van der Waals surface area contributed by atoms with Crippen LogP contribution in [0.3, 0.4) is 0 Å². The maximum absolute atomic E-state index is 13.3. The van der Waals surface area contributed by atoms with Gasteiger partial charge in [0.25, 0.3) is 0 Å². The van der Waals surface area contributed by atoms with E-state index in [2.05, 4.69) is 0 Å². The standard InChI is InChI=1S/C10H9F3O3/c1-4(3-14)5-2-6(11)7(10(15)16)9(13)8(5)12/h2,4,14H,3H2,1H3,(H,15,16). The summed E-state index contributed by atoms with van der Waals surface area (Å²) in [5.41, 5.74) is -1.71. The van der Waals surface area contributed by atoms with Gasteiger partial charge in [0.15, 0.2) is 11.6 Å². The van der Waals surface area contributed by atoms with Crippen LogP contribution >= 0.6 is 0 Å². The molecule has 88 valence electrons. The highest BCUT2D eigenvalue weighted by molar-refractivity contribution is 5.88. The van der Waals surface area contributed by atoms with Crippen LogP contribution < -0.4 is 0 Å². The van der Waals surface area contributed by atoms with E-state index in [0.29, 0.717) is 6.07 Å². The van der Waals surface area contributed by atoms with Gasteiger partial charge in [0, 0.05) is 12.5 Å². The van der Waals surface area contributed by atoms with Gasteiger partial charge < -0.3 is 10.2 Å². The molecule has 0 spiro atoms. The van der Waals surface area contributed by atoms with Gasteiger partial charge in [0.05, 0.1) is 0 Å². The lowest BCUT2D eigenvalue weighted by Gasteiger charge is -2.11. The monoisotopic (exact) mass is 234 g/mol. The first-order valence-electron chi connectivity index (χ1n) is 4.41. The van der Waals surface area contributed by atoms with Gasteiger partial charge in [-0.25, -0.2) is 18.0 Å². The van der Waals surface area contributed by atoms with E-state index in [9.17, 15) is 18.0 Å². The second-order valence-electron chi connectivity index (χ2n) is 3.34. The molecule has 3 nitrogen and oxygen atoms in total. The normalized spacial score (nSPS) is 12.6. The highest BCUT2D eigenvalue weighted by Crippen LogP contribution is 2.25. The van der Waals surface area contributed by atoms with Crippen LogP contribution in [0.1, 0.15) is 28.8 Å². The summed E-state index contributed by atoms with van der Waals surface area (Å²) in [6, 6.07) is 0.586. The minimum absolute atomic E-state index is 0.387. The molecule has 2 N–H and O–H groups in total. The molecular formula is C10H9F3O3. The fraction of sp³-hybridized carbons (Fsp3) is 0.300. The number of aromatic carboxylic acids is 1. The summed E-state index contributed by atoms with van der Waals surface area (Å²) < 4.78 is 39.7. The van der Waals surface area contributed by atoms with E-state index in [-0.39, 0.29) is 5.56 Å². The van der Waals surface area contributed by atoms with E-state index in [0.717, 1.165) is 0 Å². The predicted octanol–water partition coefficient (Wildman–Crippen LogP) is 1.90. The number of halogens is 3. The second-order valence-corrected chi connectivity index (χ2v) is 3.34. The molecule has 1 rings (SSSR count). The van der Waals surface area contributed by atoms with Gasteiger partial charge >= 0.3 is 5.97 Å². The summed E-state index contributed by atoms with van der Waals surface area (Å²) in [6.45, 7) is 0.861. The van der Waals surface area contributed by atoms with E-state index < -0.39 is 41.5 Å². The van der Waals surface area contributed by atoms with Crippen molar-refractivity contribution in [3.8, 4) is 0 Å². The molecule has 0 fully saturated rings. The van der Waals surface area contributed by atoms with Crippen molar-refractivity contribution >= 4 is 5.97 Å². The van der Waals surface area contributed by atoms with E-state index in [4.69, 9.17) is 10.2 Å². The summed E-state index contributed by atoms with van der Waals surface area (Å²) in [7, 11) is 0. The Labute approximate surface area is 89.1 Å². The molecule has 1 aromatic carbocycles. The molecule has 0 aliphatic heterocycles. The van der Waals surface area contributed by atoms with Crippen LogP contribution in [0.5, 0.6) is 0 Å². The zero-order chi connectivity index (χ0) is 12.5. The Kier molecular flexibility index (Phi) is 3.54. The molecule has 1 unspecified atom stereocenters. The van der Waals surface area contributed by atoms with Crippen molar-refractivity contribution in [2.45, 2.75) is 12.8 Å². The zero-order valence-electron chi connectivity index (χ0n) is 8.30. The van der Waals surface area contributed by atoms with Gasteiger partial charge in [-0.3, -0.25) is 0 Å². The minimum atomic E-state index is -1.88. The van der Waals surface area contributed by atoms with E-state index in [1.54, 1.807) is 0 Å². The van der Waals surface area contributed by atoms with E-state index in [1.165, 1.54) is 6.92 Å². The van der Waals surface area contributed by atoms with Gasteiger partial charge in [0.2, 0.25) is 0 Å². The molecule has 1 atom stereocenters. The number of aliphatic hydroxyl groups excluding tert-OH is 1. The molecule has 0 aliphatic rings. The molecular weight excluding hydrogens is 225 g/mol. The summed E-state index contributed by atoms with van der Waals surface area (Å²) in [4.78, 5) is 10.4. The van der Waals surface area contributed by atoms with Crippen LogP contribution in [0.4, 0.5) is 13.2 Å². The van der Waals surface area contributed by atoms with Crippen LogP contribution in [-0.4, -0.2) is 22.8 Å². The summed E-state index contributed by atoms with van der Waals surface area (Å²) in [6.07, 6.45) is 0. The largest absolute Gasteiger partial charge is 0.477 e. The average molecular weight is 234 g/mol. The lowest BCUT2D eigenvalue weighted by Crippen LogP contribution is -2.12. The predicted molar refractivity (Wildman–Crippen MR) is 48.8 cm³/mol. The van der Waals surface area contributed by atoms with Crippen molar-refractivity contribution in [1.82, 2.24) is 0 Å². The third-order valence-corrected chi connectivity index (χ3v) is 2.21. The summed E-state index contributed by atoms with van der Waals surface area (Å²) in [5.74, 6) is -7.24. The van der Waals surface area contributed by atoms with Crippen LogP contribution in [0.2, 0.25) is 0 Å². The Bertz CT molecular complexity index is 432. The van der Waals surface area contributed by atoms with E-state index in [1.807, 2.05) is 0 Å². The Morgan fingerprint density at radius 3 is 2.38 bits per heavy atom. The molecule has 0 saturated carbocycles. The van der Waals surface area contributed by atoms with Crippen molar-refractivity contribution in [1.29, 1.82) is 0 Å². The Balaban J connectivity index is 3.45. The van der Waals surface area contributed by atoms with Crippen LogP contribution in [0.25, 0.3) is 0 Å². The number of hydrogen-bond acceptors (Lipinski definition) is 2. The maximum Gasteiger partial charge on any atom is 0.341 e. The second kappa shape index (κ2) is 4.52. The first-order valence-corrected chi connectivity index (χ1v) is 4.41. The topological polar surface area (TPSA) is 57.5 Å². The Morgan fingerprint density at radius 1 is 1.38 bits per heavy atom. The number of benzene rings is 1. The van der Waals surface area contributed by atoms with Crippen molar-refractivity contribution in [2.24, 2.45) is 0 Å². The Morgan fingerprint density at radius 2 is 1.94 bits per heavy atom. The number of carboxylic acids is 1. The summed E-state index contributed by atoms with van der Waals surface area (Å²) >= 11 is 0. The average Bonchev–Trinajstić information content (AvgIpc) is 2.22. The first kappa shape index (κ1) is 12.5. The van der Waals surface area contributed by atoms with Gasteiger partial charge in [-0.2, -0.15) is 0 Å². The molecule has 0 saturated heterocycles. The van der Waals surface area contributed by atoms with Gasteiger partial charge in [-0.15, -0.1) is 0 Å². The first-order chi connectivity index (χ1) is 7.40. The third-order valence-electron chi connectivity index (χ3n) is 2.21. The van der Waals surface area contributed by atoms with Gasteiger partial charge in [-0.05, 0) is 11.6 Å². The molecule has 1 aromatic rings. The fourth-order valence-electron chi connectivity index (χ4n) is 1.27. The minimum Gasteiger partial charge on any atom is -0.477 e. The molecule has 0 bridgehead atoms. The van der Waals surface area contributed by atoms with Gasteiger partial charge in [0.1, 0.15) is 11.4 Å². The highest BCUT2D eigenvalue weighted by atomic mass is 19.2. The quantitative estimate of drug-likeness (QED) is 0.785. The Hall–Kier alpha value is -1.56. The molecule has 0 aliphatic carbocycles. The number of rotatable bonds is 3. The number of aliphatic hydroxyl groups is 1. The number of carboxylic acid groups (broad SMARTS) is 1. The smallest absolute Gasteiger partial charge is 0.341 e. The lowest BCUT2D eigenvalue weighted by molar-refractivity contribution is 0.0685. The van der Waals surface area contributed by atoms with Crippen LogP contribution in [0, 0.1) is 17.5 Å². The highest BCUT2D eigenvalue weighted by Gasteiger charge is 2.25. The van der Waals surface area contributed by atoms with Crippen molar-refractivity contribution < 1.29 is 28.2 Å². The zero-order valence-corrected chi connectivity index (χ0v) is 8.30. The van der Waals surface area contributed by atoms with Crippen molar-refractivity contribution in [2.75, 3.05) is 6.61 Å². The molecule has 0 aromatic heterocycles. The van der Waals surface area contributed by atoms with Crippen molar-refractivity contribution in [3.05, 3.63) is 34.6 Å². The van der Waals surface area contributed by atoms with Crippen molar-refractivity contribution in [3.63, 3.8) is 0 Å². The number of carbonyl (C=O) groups is 1. The summed E-state index contributed by atoms with van der Waals surface area (Å²) in [5, 5.41) is 17.2. The molecule has 16 heavy (non-hydrogen) atoms. The molecule has 6 heteroatoms. The molecule has 0 radical (unpaired) electrons. The SMILES string of the molecule is CC(CO)c1cc(F)c(C(=O)O)c(F)c1F. The van der Waals surface area contributed by atoms with Crippen LogP contribution in [-0.2, 0) is 0 Å². The maximum atomic E-state index is 13.3. The molecule has 0 heterocycles. The lowest BCUT2D eigenvalue weighted by atomic mass is 9.99. The fourth-order valence-corrected chi connectivity index (χ4v) is 1.27. The third kappa shape index (κ3) is 2.01. The van der Waals surface area contributed by atoms with E-state index >= 15 is 0 Å². The van der Waals surface area contributed by atoms with Gasteiger partial charge in [-0.1, -0.05) is 6.92 Å². The molecule has 0 amide bonds. The number of hydrogen-bond donors (Lipinski definition) is 2. The van der Waals surface area contributed by atoms with Crippen LogP contribution in [0.15, 0.2) is 6.07 Å².